The standard InChI is InChI=1S/C21H20N2O4S/c1-12-11-16(7-10-18(12)26-4)19-13(2)28-21(22-19)23-20(25)15-5-8-17(9-6-15)27-14(3)24/h5-11H,1-4H3,(H,22,23,25). The number of amides is 1. The van der Waals surface area contributed by atoms with E-state index in [-0.39, 0.29) is 5.91 Å². The molecule has 0 aliphatic heterocycles. The van der Waals surface area contributed by atoms with Crippen molar-refractivity contribution in [1.29, 1.82) is 0 Å². The van der Waals surface area contributed by atoms with Gasteiger partial charge in [-0.15, -0.1) is 11.3 Å². The molecule has 144 valence electrons. The average molecular weight is 396 g/mol. The zero-order valence-corrected chi connectivity index (χ0v) is 16.8. The van der Waals surface area contributed by atoms with Crippen LogP contribution in [0, 0.1) is 13.8 Å². The van der Waals surface area contributed by atoms with Gasteiger partial charge in [-0.05, 0) is 61.9 Å². The fourth-order valence-electron chi connectivity index (χ4n) is 2.75. The summed E-state index contributed by atoms with van der Waals surface area (Å²) in [6.07, 6.45) is 0. The number of nitrogens with zero attached hydrogens (tertiary/aromatic N) is 1. The van der Waals surface area contributed by atoms with Crippen LogP contribution in [0.3, 0.4) is 0 Å². The van der Waals surface area contributed by atoms with Crippen molar-refractivity contribution in [3.63, 3.8) is 0 Å². The number of benzene rings is 2. The van der Waals surface area contributed by atoms with E-state index in [1.54, 1.807) is 31.4 Å². The Labute approximate surface area is 167 Å². The summed E-state index contributed by atoms with van der Waals surface area (Å²) in [7, 11) is 1.64. The molecule has 0 saturated carbocycles. The number of thiazole rings is 1. The summed E-state index contributed by atoms with van der Waals surface area (Å²) >= 11 is 1.42. The number of carbonyl (C=O) groups excluding carboxylic acids is 2. The molecule has 0 saturated heterocycles. The minimum atomic E-state index is -0.406. The first kappa shape index (κ1) is 19.6. The largest absolute Gasteiger partial charge is 0.496 e. The van der Waals surface area contributed by atoms with Crippen LogP contribution in [0.25, 0.3) is 11.3 Å². The summed E-state index contributed by atoms with van der Waals surface area (Å²) in [6.45, 7) is 5.27. The Bertz CT molecular complexity index is 1030. The maximum absolute atomic E-state index is 12.5. The molecule has 6 nitrogen and oxygen atoms in total. The second kappa shape index (κ2) is 8.22. The van der Waals surface area contributed by atoms with Crippen LogP contribution in [-0.4, -0.2) is 24.0 Å². The van der Waals surface area contributed by atoms with E-state index in [0.29, 0.717) is 16.4 Å². The maximum Gasteiger partial charge on any atom is 0.308 e. The van der Waals surface area contributed by atoms with Gasteiger partial charge in [-0.25, -0.2) is 4.98 Å². The number of methoxy groups -OCH3 is 1. The summed E-state index contributed by atoms with van der Waals surface area (Å²) in [5.41, 5.74) is 3.27. The van der Waals surface area contributed by atoms with Gasteiger partial charge in [0.25, 0.3) is 5.91 Å². The van der Waals surface area contributed by atoms with Crippen LogP contribution in [0.5, 0.6) is 11.5 Å². The minimum absolute atomic E-state index is 0.277. The predicted molar refractivity (Wildman–Crippen MR) is 109 cm³/mol. The van der Waals surface area contributed by atoms with E-state index in [4.69, 9.17) is 9.47 Å². The van der Waals surface area contributed by atoms with Crippen molar-refractivity contribution in [3.8, 4) is 22.8 Å². The molecule has 1 heterocycles. The van der Waals surface area contributed by atoms with E-state index in [2.05, 4.69) is 10.3 Å². The van der Waals surface area contributed by atoms with Crippen LogP contribution in [-0.2, 0) is 4.79 Å². The van der Waals surface area contributed by atoms with Gasteiger partial charge in [0.2, 0.25) is 0 Å². The average Bonchev–Trinajstić information content (AvgIpc) is 3.01. The Morgan fingerprint density at radius 1 is 1.07 bits per heavy atom. The van der Waals surface area contributed by atoms with Crippen LogP contribution >= 0.6 is 11.3 Å². The molecule has 1 aromatic heterocycles. The molecule has 0 radical (unpaired) electrons. The second-order valence-corrected chi connectivity index (χ2v) is 7.38. The van der Waals surface area contributed by atoms with Crippen molar-refractivity contribution in [3.05, 3.63) is 58.5 Å². The van der Waals surface area contributed by atoms with Gasteiger partial charge in [0.15, 0.2) is 5.13 Å². The summed E-state index contributed by atoms with van der Waals surface area (Å²) in [6, 6.07) is 12.2. The fraction of sp³-hybridized carbons (Fsp3) is 0.190. The van der Waals surface area contributed by atoms with E-state index in [9.17, 15) is 9.59 Å². The Hall–Kier alpha value is -3.19. The third-order valence-corrected chi connectivity index (χ3v) is 4.95. The van der Waals surface area contributed by atoms with Crippen LogP contribution in [0.2, 0.25) is 0 Å². The summed E-state index contributed by atoms with van der Waals surface area (Å²) < 4.78 is 10.3. The Kier molecular flexibility index (Phi) is 5.75. The number of aromatic nitrogens is 1. The fourth-order valence-corrected chi connectivity index (χ4v) is 3.58. The number of esters is 1. The number of hydrogen-bond acceptors (Lipinski definition) is 6. The zero-order chi connectivity index (χ0) is 20.3. The topological polar surface area (TPSA) is 77.5 Å². The van der Waals surface area contributed by atoms with Gasteiger partial charge < -0.3 is 9.47 Å². The van der Waals surface area contributed by atoms with Crippen molar-refractivity contribution in [2.45, 2.75) is 20.8 Å². The molecule has 0 fully saturated rings. The third-order valence-electron chi connectivity index (χ3n) is 4.06. The van der Waals surface area contributed by atoms with E-state index in [0.717, 1.165) is 27.4 Å². The van der Waals surface area contributed by atoms with Crippen molar-refractivity contribution in [2.24, 2.45) is 0 Å². The first-order chi connectivity index (χ1) is 13.4. The van der Waals surface area contributed by atoms with E-state index < -0.39 is 5.97 Å². The highest BCUT2D eigenvalue weighted by Crippen LogP contribution is 2.33. The molecule has 0 spiro atoms. The van der Waals surface area contributed by atoms with Gasteiger partial charge in [0.05, 0.1) is 12.8 Å². The quantitative estimate of drug-likeness (QED) is 0.503. The lowest BCUT2D eigenvalue weighted by molar-refractivity contribution is -0.131. The highest BCUT2D eigenvalue weighted by Gasteiger charge is 2.14. The maximum atomic E-state index is 12.5. The highest BCUT2D eigenvalue weighted by molar-refractivity contribution is 7.16. The van der Waals surface area contributed by atoms with Gasteiger partial charge in [-0.2, -0.15) is 0 Å². The number of ether oxygens (including phenoxy) is 2. The molecule has 0 atom stereocenters. The normalized spacial score (nSPS) is 10.4. The molecular weight excluding hydrogens is 376 g/mol. The van der Waals surface area contributed by atoms with Crippen LogP contribution in [0.15, 0.2) is 42.5 Å². The van der Waals surface area contributed by atoms with Crippen molar-refractivity contribution >= 4 is 28.3 Å². The molecular formula is C21H20N2O4S. The Balaban J connectivity index is 1.77. The number of carbonyl (C=O) groups is 2. The smallest absolute Gasteiger partial charge is 0.308 e. The Morgan fingerprint density at radius 2 is 1.79 bits per heavy atom. The van der Waals surface area contributed by atoms with Crippen molar-refractivity contribution in [1.82, 2.24) is 4.98 Å². The zero-order valence-electron chi connectivity index (χ0n) is 16.0. The lowest BCUT2D eigenvalue weighted by Gasteiger charge is -2.06. The first-order valence-corrected chi connectivity index (χ1v) is 9.41. The molecule has 0 aliphatic rings. The molecule has 0 aliphatic carbocycles. The van der Waals surface area contributed by atoms with Gasteiger partial charge >= 0.3 is 5.97 Å². The lowest BCUT2D eigenvalue weighted by atomic mass is 10.1. The summed E-state index contributed by atoms with van der Waals surface area (Å²) in [5, 5.41) is 3.35. The number of anilines is 1. The molecule has 1 amide bonds. The highest BCUT2D eigenvalue weighted by atomic mass is 32.1. The van der Waals surface area contributed by atoms with Gasteiger partial charge in [-0.3, -0.25) is 14.9 Å². The molecule has 28 heavy (non-hydrogen) atoms. The molecule has 2 aromatic carbocycles. The minimum Gasteiger partial charge on any atom is -0.496 e. The first-order valence-electron chi connectivity index (χ1n) is 8.59. The molecule has 0 unspecified atom stereocenters. The van der Waals surface area contributed by atoms with E-state index in [1.165, 1.54) is 18.3 Å². The third kappa shape index (κ3) is 4.37. The summed E-state index contributed by atoms with van der Waals surface area (Å²) in [4.78, 5) is 29.0. The van der Waals surface area contributed by atoms with Crippen molar-refractivity contribution in [2.75, 3.05) is 12.4 Å². The van der Waals surface area contributed by atoms with Crippen LogP contribution in [0.1, 0.15) is 27.7 Å². The number of rotatable bonds is 5. The van der Waals surface area contributed by atoms with Gasteiger partial charge in [0.1, 0.15) is 11.5 Å². The van der Waals surface area contributed by atoms with Crippen LogP contribution < -0.4 is 14.8 Å². The molecule has 3 rings (SSSR count). The van der Waals surface area contributed by atoms with E-state index >= 15 is 0 Å². The van der Waals surface area contributed by atoms with Gasteiger partial charge in [-0.1, -0.05) is 0 Å². The van der Waals surface area contributed by atoms with Crippen LogP contribution in [0.4, 0.5) is 5.13 Å². The van der Waals surface area contributed by atoms with E-state index in [1.807, 2.05) is 32.0 Å². The number of nitrogens with one attached hydrogen (secondary N) is 1. The Morgan fingerprint density at radius 3 is 2.39 bits per heavy atom. The second-order valence-electron chi connectivity index (χ2n) is 6.18. The van der Waals surface area contributed by atoms with Crippen molar-refractivity contribution < 1.29 is 19.1 Å². The monoisotopic (exact) mass is 396 g/mol. The predicted octanol–water partition coefficient (Wildman–Crippen LogP) is 4.61. The summed E-state index contributed by atoms with van der Waals surface area (Å²) in [5.74, 6) is 0.533. The molecule has 7 heteroatoms. The SMILES string of the molecule is COc1ccc(-c2nc(NC(=O)c3ccc(OC(C)=O)cc3)sc2C)cc1C. The number of hydrogen-bond donors (Lipinski definition) is 1. The lowest BCUT2D eigenvalue weighted by Crippen LogP contribution is -2.11. The molecule has 3 aromatic rings. The number of aryl methyl sites for hydroxylation is 2. The van der Waals surface area contributed by atoms with Gasteiger partial charge in [0, 0.05) is 22.9 Å². The molecule has 0 bridgehead atoms. The molecule has 1 N–H and O–H groups in total.